The summed E-state index contributed by atoms with van der Waals surface area (Å²) in [5.74, 6) is -5.02. The number of hydrogen-bond donors (Lipinski definition) is 0. The van der Waals surface area contributed by atoms with E-state index in [0.29, 0.717) is 0 Å². The van der Waals surface area contributed by atoms with Gasteiger partial charge in [0.2, 0.25) is 0 Å². The smallest absolute Gasteiger partial charge is 0.488 e. The molecule has 67 heavy (non-hydrogen) atoms. The zero-order valence-corrected chi connectivity index (χ0v) is 43.0. The Labute approximate surface area is 420 Å². The van der Waals surface area contributed by atoms with Crippen LogP contribution in [0.1, 0.15) is 232 Å². The average molecular weight is 969 g/mol. The van der Waals surface area contributed by atoms with Gasteiger partial charge in [-0.25, -0.2) is 41.9 Å². The zero-order valence-electron chi connectivity index (χ0n) is 41.5. The normalized spacial score (nSPS) is 11.8. The van der Waals surface area contributed by atoms with Gasteiger partial charge in [0, 0.05) is 24.5 Å². The summed E-state index contributed by atoms with van der Waals surface area (Å²) in [5, 5.41) is 0. The minimum atomic E-state index is -0.968. The fourth-order valence-electron chi connectivity index (χ4n) is 7.33. The molecule has 0 amide bonds. The van der Waals surface area contributed by atoms with Crippen LogP contribution in [0.4, 0.5) is 17.6 Å². The molecule has 0 heterocycles. The van der Waals surface area contributed by atoms with Crippen molar-refractivity contribution in [2.75, 3.05) is 0 Å². The zero-order chi connectivity index (χ0) is 48.0. The van der Waals surface area contributed by atoms with Crippen molar-refractivity contribution < 1.29 is 58.3 Å². The predicted molar refractivity (Wildman–Crippen MR) is 264 cm³/mol. The molecule has 0 saturated carbocycles. The Morgan fingerprint density at radius 3 is 0.910 bits per heavy atom. The van der Waals surface area contributed by atoms with Gasteiger partial charge in [0.05, 0.1) is 23.1 Å². The Bertz CT molecular complexity index is 1470. The van der Waals surface area contributed by atoms with Crippen molar-refractivity contribution in [3.05, 3.63) is 108 Å². The molecule has 0 N–H and O–H groups in total. The first kappa shape index (κ1) is 63.8. The van der Waals surface area contributed by atoms with E-state index in [0.717, 1.165) is 75.6 Å². The average Bonchev–Trinajstić information content (AvgIpc) is 4.10. The molecule has 4 rings (SSSR count). The molecular weight excluding hydrogens is 884 g/mol. The molecule has 0 atom stereocenters. The second kappa shape index (κ2) is 47.8. The predicted octanol–water partition coefficient (Wildman–Crippen LogP) is 18.5. The van der Waals surface area contributed by atoms with Gasteiger partial charge in [0.25, 0.3) is 11.9 Å². The second-order valence-corrected chi connectivity index (χ2v) is 17.3. The number of benzene rings is 2. The van der Waals surface area contributed by atoms with Crippen molar-refractivity contribution in [2.45, 2.75) is 232 Å². The van der Waals surface area contributed by atoms with Crippen LogP contribution in [0.5, 0.6) is 11.5 Å². The van der Waals surface area contributed by atoms with Crippen LogP contribution >= 0.6 is 0 Å². The third-order valence-electron chi connectivity index (χ3n) is 11.2. The topological polar surface area (TPSA) is 52.6 Å². The summed E-state index contributed by atoms with van der Waals surface area (Å²) in [6, 6.07) is 8.00. The van der Waals surface area contributed by atoms with Gasteiger partial charge < -0.3 is 9.47 Å². The molecule has 0 spiro atoms. The number of carbonyl (C=O) groups is 2. The molecule has 9 heteroatoms. The van der Waals surface area contributed by atoms with Gasteiger partial charge in [-0.1, -0.05) is 194 Å². The van der Waals surface area contributed by atoms with E-state index >= 15 is 0 Å². The summed E-state index contributed by atoms with van der Waals surface area (Å²) in [7, 11) is 0. The summed E-state index contributed by atoms with van der Waals surface area (Å²) in [6.45, 7) is 4.51. The molecule has 2 aromatic carbocycles. The van der Waals surface area contributed by atoms with Crippen LogP contribution in [0.2, 0.25) is 0 Å². The molecule has 0 fully saturated rings. The number of carbonyl (C=O) groups excluding carboxylic acids is 2. The van der Waals surface area contributed by atoms with Gasteiger partial charge in [-0.15, -0.1) is 49.2 Å². The molecule has 0 unspecified atom stereocenters. The summed E-state index contributed by atoms with van der Waals surface area (Å²) < 4.78 is 62.0. The molecule has 4 nitrogen and oxygen atoms in total. The molecule has 0 radical (unpaired) electrons. The van der Waals surface area contributed by atoms with Gasteiger partial charge in [0.1, 0.15) is 0 Å². The molecule has 0 aromatic heterocycles. The number of hydrogen-bond acceptors (Lipinski definition) is 4. The number of allylic oxidation sites excluding steroid dienone is 8. The standard InChI is InChI=1S/2C24H37F2O2.2C5H5.Ti/c2*1-2-3-4-5-6-7-8-9-10-11-12-13-14-15-16-17-24(27)28-23-19-18-21(25)20-22(23)26;2*1-2-4-5-3-1;/h2*18-19H,2-17H2,1H3;2*1-3H,4H2;/q4*-1;+4. The van der Waals surface area contributed by atoms with E-state index in [4.69, 9.17) is 9.47 Å². The SMILES string of the molecule is CCCCCCCCCCCCCCCCCC(=O)Oc1ccc(F)[c-]c1F.CCCCCCCCCCCCCCCCCC(=O)Oc1ccc(F)[c-]c1F.[C-]1=CC=CC1.[C-]1=CC=CC1.[Ti+4]. The van der Waals surface area contributed by atoms with Crippen molar-refractivity contribution in [1.82, 2.24) is 0 Å². The second-order valence-electron chi connectivity index (χ2n) is 17.3. The van der Waals surface area contributed by atoms with Crippen LogP contribution in [0.25, 0.3) is 0 Å². The van der Waals surface area contributed by atoms with E-state index in [9.17, 15) is 27.2 Å². The van der Waals surface area contributed by atoms with Crippen LogP contribution in [-0.2, 0) is 31.3 Å². The monoisotopic (exact) mass is 969 g/mol. The molecule has 372 valence electrons. The van der Waals surface area contributed by atoms with E-state index in [1.54, 1.807) is 0 Å². The van der Waals surface area contributed by atoms with Crippen LogP contribution in [0, 0.1) is 47.6 Å². The number of ether oxygens (including phenoxy) is 2. The molecule has 2 aromatic rings. The van der Waals surface area contributed by atoms with Crippen molar-refractivity contribution >= 4 is 11.9 Å². The molecule has 0 saturated heterocycles. The van der Waals surface area contributed by atoms with Crippen LogP contribution < -0.4 is 9.47 Å². The summed E-state index contributed by atoms with van der Waals surface area (Å²) in [4.78, 5) is 23.4. The number of esters is 2. The quantitative estimate of drug-likeness (QED) is 0.0175. The van der Waals surface area contributed by atoms with Crippen molar-refractivity contribution in [1.29, 1.82) is 0 Å². The summed E-state index contributed by atoms with van der Waals surface area (Å²) in [6.07, 6.45) is 58.4. The van der Waals surface area contributed by atoms with Crippen molar-refractivity contribution in [3.8, 4) is 11.5 Å². The van der Waals surface area contributed by atoms with Crippen LogP contribution in [0.15, 0.2) is 60.7 Å². The summed E-state index contributed by atoms with van der Waals surface area (Å²) >= 11 is 0. The third-order valence-corrected chi connectivity index (χ3v) is 11.2. The molecule has 2 aliphatic rings. The molecule has 2 aliphatic carbocycles. The Morgan fingerprint density at radius 2 is 0.701 bits per heavy atom. The Morgan fingerprint density at radius 1 is 0.433 bits per heavy atom. The van der Waals surface area contributed by atoms with Crippen LogP contribution in [0.3, 0.4) is 0 Å². The number of unbranched alkanes of at least 4 members (excludes halogenated alkanes) is 28. The first-order chi connectivity index (χ1) is 32.3. The van der Waals surface area contributed by atoms with E-state index in [-0.39, 0.29) is 46.1 Å². The van der Waals surface area contributed by atoms with Crippen molar-refractivity contribution in [2.24, 2.45) is 0 Å². The first-order valence-electron chi connectivity index (χ1n) is 25.9. The van der Waals surface area contributed by atoms with Gasteiger partial charge in [-0.2, -0.15) is 12.2 Å². The largest absolute Gasteiger partial charge is 4.00 e. The van der Waals surface area contributed by atoms with Gasteiger partial charge >= 0.3 is 21.7 Å². The number of halogens is 4. The minimum absolute atomic E-state index is 0. The van der Waals surface area contributed by atoms with E-state index < -0.39 is 35.2 Å². The van der Waals surface area contributed by atoms with Gasteiger partial charge in [0.15, 0.2) is 0 Å². The first-order valence-corrected chi connectivity index (χ1v) is 25.9. The Balaban J connectivity index is 0.00000105. The van der Waals surface area contributed by atoms with Gasteiger partial charge in [-0.3, -0.25) is 21.7 Å². The maximum absolute atomic E-state index is 13.4. The molecular formula is C58H84F4O4Ti. The summed E-state index contributed by atoms with van der Waals surface area (Å²) in [5.41, 5.74) is 0. The fraction of sp³-hybridized carbons (Fsp3) is 0.621. The van der Waals surface area contributed by atoms with Crippen LogP contribution in [-0.4, -0.2) is 11.9 Å². The molecule has 0 bridgehead atoms. The van der Waals surface area contributed by atoms with Gasteiger partial charge in [-0.05, 0) is 12.8 Å². The van der Waals surface area contributed by atoms with E-state index in [1.165, 1.54) is 154 Å². The van der Waals surface area contributed by atoms with E-state index in [1.807, 2.05) is 36.4 Å². The fourth-order valence-corrected chi connectivity index (χ4v) is 7.33. The minimum Gasteiger partial charge on any atom is -0.488 e. The van der Waals surface area contributed by atoms with Crippen molar-refractivity contribution in [3.63, 3.8) is 0 Å². The van der Waals surface area contributed by atoms with E-state index in [2.05, 4.69) is 38.2 Å². The Hall–Kier alpha value is -3.23. The maximum Gasteiger partial charge on any atom is 4.00 e. The third kappa shape index (κ3) is 41.5. The molecule has 0 aliphatic heterocycles. The maximum atomic E-state index is 13.4. The Kier molecular flexibility index (Phi) is 45.5. The number of rotatable bonds is 34.